The minimum Gasteiger partial charge on any atom is -0.480 e. The highest BCUT2D eigenvalue weighted by Gasteiger charge is 2.21. The second-order valence-corrected chi connectivity index (χ2v) is 5.12. The zero-order chi connectivity index (χ0) is 17.9. The van der Waals surface area contributed by atoms with E-state index in [-0.39, 0.29) is 42.6 Å². The molecule has 0 bridgehead atoms. The van der Waals surface area contributed by atoms with Crippen molar-refractivity contribution in [3.05, 3.63) is 6.33 Å². The predicted octanol–water partition coefficient (Wildman–Crippen LogP) is -2.78. The number of aliphatic carboxylic acids is 1. The summed E-state index contributed by atoms with van der Waals surface area (Å²) in [5.41, 5.74) is 17.3. The van der Waals surface area contributed by atoms with Crippen molar-refractivity contribution >= 4 is 34.8 Å². The lowest BCUT2D eigenvalue weighted by Crippen LogP contribution is -2.46. The summed E-state index contributed by atoms with van der Waals surface area (Å²) in [6, 6.07) is -0.749. The maximum atomic E-state index is 12.4. The number of anilines is 2. The first-order chi connectivity index (χ1) is 11.3. The van der Waals surface area contributed by atoms with Crippen LogP contribution in [0.15, 0.2) is 6.33 Å². The Morgan fingerprint density at radius 2 is 2.04 bits per heavy atom. The van der Waals surface area contributed by atoms with Crippen molar-refractivity contribution in [3.8, 4) is 0 Å². The Morgan fingerprint density at radius 1 is 1.33 bits per heavy atom. The minimum absolute atomic E-state index is 0.0705. The molecule has 0 aliphatic carbocycles. The van der Waals surface area contributed by atoms with Crippen molar-refractivity contribution in [1.29, 1.82) is 0 Å². The number of nitrogens with zero attached hydrogens (tertiary/aromatic N) is 5. The smallest absolute Gasteiger partial charge is 0.323 e. The Balaban J connectivity index is 2.24. The van der Waals surface area contributed by atoms with Crippen molar-refractivity contribution in [2.75, 3.05) is 31.2 Å². The van der Waals surface area contributed by atoms with E-state index in [1.54, 1.807) is 0 Å². The van der Waals surface area contributed by atoms with Crippen LogP contribution in [0.5, 0.6) is 0 Å². The number of carboxylic acids is 1. The molecule has 2 aromatic rings. The summed E-state index contributed by atoms with van der Waals surface area (Å²) in [4.78, 5) is 36.1. The molecule has 12 nitrogen and oxygen atoms in total. The summed E-state index contributed by atoms with van der Waals surface area (Å²) < 4.78 is 1.38. The van der Waals surface area contributed by atoms with Crippen LogP contribution in [0.4, 0.5) is 11.8 Å². The molecule has 0 radical (unpaired) electrons. The number of aliphatic hydroxyl groups excluding tert-OH is 1. The van der Waals surface area contributed by atoms with Gasteiger partial charge in [0.25, 0.3) is 0 Å². The van der Waals surface area contributed by atoms with Crippen LogP contribution in [-0.2, 0) is 16.1 Å². The third kappa shape index (κ3) is 3.85. The summed E-state index contributed by atoms with van der Waals surface area (Å²) >= 11 is 0. The van der Waals surface area contributed by atoms with E-state index in [0.29, 0.717) is 0 Å². The van der Waals surface area contributed by atoms with Crippen LogP contribution < -0.4 is 17.2 Å². The maximum absolute atomic E-state index is 12.4. The molecule has 0 aliphatic heterocycles. The molecule has 2 heterocycles. The number of nitrogen functional groups attached to an aromatic ring is 2. The molecule has 0 saturated heterocycles. The Hall–Kier alpha value is -2.99. The van der Waals surface area contributed by atoms with Gasteiger partial charge in [-0.3, -0.25) is 9.59 Å². The van der Waals surface area contributed by atoms with Crippen LogP contribution in [0, 0.1) is 0 Å². The number of rotatable bonds is 7. The van der Waals surface area contributed by atoms with Gasteiger partial charge in [0.1, 0.15) is 18.6 Å². The summed E-state index contributed by atoms with van der Waals surface area (Å²) in [5, 5.41) is 17.9. The standard InChI is InChI=1S/C12H18N8O4/c13-6(4-21)1-19(3-8(23)24)7(22)2-20-5-16-9-10(14)17-12(15)18-11(9)20/h5-6,21H,1-4,13H2,(H,23,24)(H4,14,15,17,18)/t6-/m1/s1. The molecule has 8 N–H and O–H groups in total. The number of hydrogen-bond donors (Lipinski definition) is 5. The highest BCUT2D eigenvalue weighted by Crippen LogP contribution is 2.17. The van der Waals surface area contributed by atoms with Crippen LogP contribution in [0.2, 0.25) is 0 Å². The zero-order valence-corrected chi connectivity index (χ0v) is 12.7. The van der Waals surface area contributed by atoms with Gasteiger partial charge in [0.2, 0.25) is 11.9 Å². The number of imidazole rings is 1. The van der Waals surface area contributed by atoms with Gasteiger partial charge in [-0.2, -0.15) is 9.97 Å². The largest absolute Gasteiger partial charge is 0.480 e. The number of hydrogen-bond acceptors (Lipinski definition) is 9. The fourth-order valence-corrected chi connectivity index (χ4v) is 2.10. The van der Waals surface area contributed by atoms with Gasteiger partial charge in [-0.15, -0.1) is 0 Å². The molecule has 0 aromatic carbocycles. The van der Waals surface area contributed by atoms with E-state index < -0.39 is 24.5 Å². The molecule has 2 aromatic heterocycles. The third-order valence-corrected chi connectivity index (χ3v) is 3.18. The first-order valence-corrected chi connectivity index (χ1v) is 6.91. The number of nitrogens with two attached hydrogens (primary N) is 3. The normalized spacial score (nSPS) is 12.2. The van der Waals surface area contributed by atoms with E-state index in [9.17, 15) is 9.59 Å². The zero-order valence-electron chi connectivity index (χ0n) is 12.7. The van der Waals surface area contributed by atoms with Crippen molar-refractivity contribution in [2.24, 2.45) is 5.73 Å². The quantitative estimate of drug-likeness (QED) is 0.351. The molecule has 1 amide bonds. The van der Waals surface area contributed by atoms with Crippen LogP contribution in [-0.4, -0.2) is 72.2 Å². The van der Waals surface area contributed by atoms with Crippen LogP contribution >= 0.6 is 0 Å². The molecular weight excluding hydrogens is 320 g/mol. The van der Waals surface area contributed by atoms with E-state index in [0.717, 1.165) is 4.90 Å². The predicted molar refractivity (Wildman–Crippen MR) is 83.4 cm³/mol. The minimum atomic E-state index is -1.19. The molecule has 130 valence electrons. The van der Waals surface area contributed by atoms with E-state index in [4.69, 9.17) is 27.4 Å². The average molecular weight is 338 g/mol. The maximum Gasteiger partial charge on any atom is 0.323 e. The van der Waals surface area contributed by atoms with Gasteiger partial charge in [0.05, 0.1) is 12.9 Å². The Morgan fingerprint density at radius 3 is 2.67 bits per heavy atom. The number of aliphatic hydroxyl groups is 1. The van der Waals surface area contributed by atoms with Crippen LogP contribution in [0.25, 0.3) is 11.2 Å². The van der Waals surface area contributed by atoms with Crippen LogP contribution in [0.1, 0.15) is 0 Å². The van der Waals surface area contributed by atoms with Gasteiger partial charge in [0.15, 0.2) is 11.5 Å². The highest BCUT2D eigenvalue weighted by molar-refractivity contribution is 5.85. The van der Waals surface area contributed by atoms with E-state index in [2.05, 4.69) is 15.0 Å². The van der Waals surface area contributed by atoms with Gasteiger partial charge in [-0.1, -0.05) is 0 Å². The van der Waals surface area contributed by atoms with Gasteiger partial charge in [-0.25, -0.2) is 4.98 Å². The van der Waals surface area contributed by atoms with Gasteiger partial charge in [-0.05, 0) is 0 Å². The lowest BCUT2D eigenvalue weighted by atomic mass is 10.3. The van der Waals surface area contributed by atoms with Crippen molar-refractivity contribution < 1.29 is 19.8 Å². The number of carbonyl (C=O) groups is 2. The molecule has 24 heavy (non-hydrogen) atoms. The van der Waals surface area contributed by atoms with Gasteiger partial charge < -0.3 is 36.9 Å². The monoisotopic (exact) mass is 338 g/mol. The summed E-state index contributed by atoms with van der Waals surface area (Å²) in [6.45, 7) is -1.26. The summed E-state index contributed by atoms with van der Waals surface area (Å²) in [5.74, 6) is -1.72. The van der Waals surface area contributed by atoms with Crippen molar-refractivity contribution in [1.82, 2.24) is 24.4 Å². The average Bonchev–Trinajstić information content (AvgIpc) is 2.89. The third-order valence-electron chi connectivity index (χ3n) is 3.18. The van der Waals surface area contributed by atoms with Crippen molar-refractivity contribution in [3.63, 3.8) is 0 Å². The first-order valence-electron chi connectivity index (χ1n) is 6.91. The molecule has 0 saturated carbocycles. The van der Waals surface area contributed by atoms with E-state index in [1.807, 2.05) is 0 Å². The molecule has 2 rings (SSSR count). The lowest BCUT2D eigenvalue weighted by Gasteiger charge is -2.23. The molecule has 1 atom stereocenters. The van der Waals surface area contributed by atoms with Gasteiger partial charge in [0, 0.05) is 12.6 Å². The number of carboxylic acid groups (broad SMARTS) is 1. The number of fused-ring (bicyclic) bond motifs is 1. The topological polar surface area (TPSA) is 200 Å². The molecular formula is C12H18N8O4. The molecule has 12 heteroatoms. The number of carbonyl (C=O) groups excluding carboxylic acids is 1. The van der Waals surface area contributed by atoms with E-state index >= 15 is 0 Å². The Labute approximate surface area is 135 Å². The SMILES string of the molecule is Nc1nc(N)c2ncn(CC(=O)N(CC(=O)O)C[C@@H](N)CO)c2n1. The summed E-state index contributed by atoms with van der Waals surface area (Å²) in [6.07, 6.45) is 1.33. The fraction of sp³-hybridized carbons (Fsp3) is 0.417. The molecule has 0 fully saturated rings. The van der Waals surface area contributed by atoms with Crippen molar-refractivity contribution in [2.45, 2.75) is 12.6 Å². The molecule has 0 unspecified atom stereocenters. The number of amides is 1. The second-order valence-electron chi connectivity index (χ2n) is 5.12. The van der Waals surface area contributed by atoms with E-state index in [1.165, 1.54) is 10.9 Å². The van der Waals surface area contributed by atoms with Gasteiger partial charge >= 0.3 is 5.97 Å². The Bertz CT molecular complexity index is 761. The Kier molecular flexibility index (Phi) is 5.11. The van der Waals surface area contributed by atoms with Crippen LogP contribution in [0.3, 0.4) is 0 Å². The highest BCUT2D eigenvalue weighted by atomic mass is 16.4. The second kappa shape index (κ2) is 7.06. The molecule has 0 aliphatic rings. The number of aromatic nitrogens is 4. The molecule has 0 spiro atoms. The summed E-state index contributed by atoms with van der Waals surface area (Å²) in [7, 11) is 0. The fourth-order valence-electron chi connectivity index (χ4n) is 2.10. The first kappa shape index (κ1) is 17.4. The lowest BCUT2D eigenvalue weighted by molar-refractivity contribution is -0.145.